The normalized spacial score (nSPS) is 10.9. The molecule has 0 fully saturated rings. The summed E-state index contributed by atoms with van der Waals surface area (Å²) in [6, 6.07) is 9.20. The third-order valence-corrected chi connectivity index (χ3v) is 3.81. The van der Waals surface area contributed by atoms with Crippen LogP contribution in [0.3, 0.4) is 0 Å². The first-order valence-electron chi connectivity index (χ1n) is 7.34. The van der Waals surface area contributed by atoms with Crippen molar-refractivity contribution in [1.82, 2.24) is 9.55 Å². The van der Waals surface area contributed by atoms with Crippen LogP contribution in [-0.4, -0.2) is 20.6 Å². The van der Waals surface area contributed by atoms with Crippen molar-refractivity contribution in [2.45, 2.75) is 19.9 Å². The third kappa shape index (κ3) is 3.00. The van der Waals surface area contributed by atoms with E-state index in [9.17, 15) is 9.90 Å². The molecule has 6 heteroatoms. The standard InChI is InChI=1S/C17H16ClN3O2/c1-2-7-21-8-6-13-15(21)14(17(22)23)10-19-16(13)20-12-5-3-4-11(18)9-12/h3-6,8-10H,2,7H2,1H3,(H,19,20)(H,22,23). The minimum absolute atomic E-state index is 0.204. The molecule has 0 amide bonds. The average Bonchev–Trinajstić information content (AvgIpc) is 2.92. The second-order valence-electron chi connectivity index (χ2n) is 5.23. The number of nitrogens with zero attached hydrogens (tertiary/aromatic N) is 2. The van der Waals surface area contributed by atoms with Gasteiger partial charge in [-0.3, -0.25) is 0 Å². The third-order valence-electron chi connectivity index (χ3n) is 3.58. The van der Waals surface area contributed by atoms with E-state index in [-0.39, 0.29) is 5.56 Å². The lowest BCUT2D eigenvalue weighted by molar-refractivity contribution is 0.0698. The summed E-state index contributed by atoms with van der Waals surface area (Å²) >= 11 is 6.00. The van der Waals surface area contributed by atoms with Crippen LogP contribution in [0.15, 0.2) is 42.7 Å². The summed E-state index contributed by atoms with van der Waals surface area (Å²) in [5.41, 5.74) is 1.69. The molecule has 0 saturated carbocycles. The van der Waals surface area contributed by atoms with Crippen LogP contribution in [0.1, 0.15) is 23.7 Å². The Labute approximate surface area is 138 Å². The molecule has 0 spiro atoms. The predicted octanol–water partition coefficient (Wildman–Crippen LogP) is 4.54. The van der Waals surface area contributed by atoms with Crippen molar-refractivity contribution in [3.05, 3.63) is 53.3 Å². The zero-order valence-corrected chi connectivity index (χ0v) is 13.3. The Balaban J connectivity index is 2.12. The number of nitrogens with one attached hydrogen (secondary N) is 1. The molecule has 0 radical (unpaired) electrons. The highest BCUT2D eigenvalue weighted by molar-refractivity contribution is 6.30. The number of carboxylic acids is 1. The predicted molar refractivity (Wildman–Crippen MR) is 91.7 cm³/mol. The van der Waals surface area contributed by atoms with E-state index in [4.69, 9.17) is 11.6 Å². The van der Waals surface area contributed by atoms with Crippen LogP contribution < -0.4 is 5.32 Å². The van der Waals surface area contributed by atoms with Crippen molar-refractivity contribution in [3.8, 4) is 0 Å². The second-order valence-corrected chi connectivity index (χ2v) is 5.67. The first kappa shape index (κ1) is 15.4. The zero-order chi connectivity index (χ0) is 16.4. The molecule has 2 N–H and O–H groups in total. The quantitative estimate of drug-likeness (QED) is 0.721. The lowest BCUT2D eigenvalue weighted by Gasteiger charge is -2.10. The monoisotopic (exact) mass is 329 g/mol. The van der Waals surface area contributed by atoms with Gasteiger partial charge in [-0.2, -0.15) is 0 Å². The van der Waals surface area contributed by atoms with Gasteiger partial charge in [0.05, 0.1) is 5.52 Å². The van der Waals surface area contributed by atoms with Crippen LogP contribution in [0.25, 0.3) is 10.9 Å². The van der Waals surface area contributed by atoms with Crippen LogP contribution in [0, 0.1) is 0 Å². The number of carbonyl (C=O) groups is 1. The van der Waals surface area contributed by atoms with E-state index in [0.717, 1.165) is 24.0 Å². The van der Waals surface area contributed by atoms with E-state index in [2.05, 4.69) is 17.2 Å². The van der Waals surface area contributed by atoms with Gasteiger partial charge in [0.2, 0.25) is 0 Å². The fourth-order valence-corrected chi connectivity index (χ4v) is 2.80. The highest BCUT2D eigenvalue weighted by Gasteiger charge is 2.16. The van der Waals surface area contributed by atoms with Gasteiger partial charge in [0.15, 0.2) is 0 Å². The summed E-state index contributed by atoms with van der Waals surface area (Å²) in [4.78, 5) is 15.8. The maximum Gasteiger partial charge on any atom is 0.339 e. The number of hydrogen-bond acceptors (Lipinski definition) is 3. The number of pyridine rings is 1. The lowest BCUT2D eigenvalue weighted by atomic mass is 10.2. The van der Waals surface area contributed by atoms with Crippen molar-refractivity contribution in [3.63, 3.8) is 0 Å². The first-order valence-corrected chi connectivity index (χ1v) is 7.71. The number of carboxylic acid groups (broad SMARTS) is 1. The Morgan fingerprint density at radius 1 is 1.39 bits per heavy atom. The Morgan fingerprint density at radius 3 is 2.91 bits per heavy atom. The van der Waals surface area contributed by atoms with E-state index < -0.39 is 5.97 Å². The molecule has 3 aromatic rings. The van der Waals surface area contributed by atoms with Crippen molar-refractivity contribution in [2.75, 3.05) is 5.32 Å². The van der Waals surface area contributed by atoms with E-state index in [0.29, 0.717) is 16.4 Å². The maximum absolute atomic E-state index is 11.5. The van der Waals surface area contributed by atoms with E-state index in [1.165, 1.54) is 6.20 Å². The number of aromatic nitrogens is 2. The number of halogens is 1. The second kappa shape index (κ2) is 6.30. The zero-order valence-electron chi connectivity index (χ0n) is 12.6. The number of benzene rings is 1. The molecule has 0 unspecified atom stereocenters. The molecule has 118 valence electrons. The fourth-order valence-electron chi connectivity index (χ4n) is 2.61. The van der Waals surface area contributed by atoms with E-state index in [1.807, 2.05) is 29.0 Å². The molecule has 1 aromatic carbocycles. The lowest BCUT2D eigenvalue weighted by Crippen LogP contribution is -2.05. The van der Waals surface area contributed by atoms with Crippen molar-refractivity contribution in [1.29, 1.82) is 0 Å². The number of rotatable bonds is 5. The molecule has 0 aliphatic carbocycles. The molecule has 0 aliphatic heterocycles. The van der Waals surface area contributed by atoms with Crippen molar-refractivity contribution in [2.24, 2.45) is 0 Å². The molecule has 5 nitrogen and oxygen atoms in total. The molecule has 0 bridgehead atoms. The van der Waals surface area contributed by atoms with Gasteiger partial charge in [-0.15, -0.1) is 0 Å². The van der Waals surface area contributed by atoms with Gasteiger partial charge in [0.1, 0.15) is 11.4 Å². The van der Waals surface area contributed by atoms with Gasteiger partial charge in [-0.05, 0) is 30.7 Å². The van der Waals surface area contributed by atoms with Gasteiger partial charge in [-0.25, -0.2) is 9.78 Å². The summed E-state index contributed by atoms with van der Waals surface area (Å²) in [6.07, 6.45) is 4.21. The van der Waals surface area contributed by atoms with Crippen LogP contribution >= 0.6 is 11.6 Å². The van der Waals surface area contributed by atoms with Gasteiger partial charge < -0.3 is 15.0 Å². The summed E-state index contributed by atoms with van der Waals surface area (Å²) in [5.74, 6) is -0.366. The number of aryl methyl sites for hydroxylation is 1. The van der Waals surface area contributed by atoms with Gasteiger partial charge >= 0.3 is 5.97 Å². The molecular formula is C17H16ClN3O2. The Hall–Kier alpha value is -2.53. The minimum atomic E-state index is -0.979. The van der Waals surface area contributed by atoms with Crippen molar-refractivity contribution >= 4 is 40.0 Å². The Kier molecular flexibility index (Phi) is 4.21. The average molecular weight is 330 g/mol. The largest absolute Gasteiger partial charge is 0.478 e. The van der Waals surface area contributed by atoms with Gasteiger partial charge in [-0.1, -0.05) is 24.6 Å². The highest BCUT2D eigenvalue weighted by Crippen LogP contribution is 2.29. The molecular weight excluding hydrogens is 314 g/mol. The van der Waals surface area contributed by atoms with Gasteiger partial charge in [0, 0.05) is 35.0 Å². The number of hydrogen-bond donors (Lipinski definition) is 2. The summed E-state index contributed by atoms with van der Waals surface area (Å²) in [5, 5.41) is 14.0. The van der Waals surface area contributed by atoms with Gasteiger partial charge in [0.25, 0.3) is 0 Å². The SMILES string of the molecule is CCCn1ccc2c(Nc3cccc(Cl)c3)ncc(C(=O)O)c21. The maximum atomic E-state index is 11.5. The summed E-state index contributed by atoms with van der Waals surface area (Å²) < 4.78 is 1.95. The molecule has 0 atom stereocenters. The summed E-state index contributed by atoms with van der Waals surface area (Å²) in [7, 11) is 0. The Morgan fingerprint density at radius 2 is 2.22 bits per heavy atom. The van der Waals surface area contributed by atoms with Crippen molar-refractivity contribution < 1.29 is 9.90 Å². The number of fused-ring (bicyclic) bond motifs is 1. The molecule has 2 aromatic heterocycles. The topological polar surface area (TPSA) is 67.2 Å². The molecule has 2 heterocycles. The number of anilines is 2. The summed E-state index contributed by atoms with van der Waals surface area (Å²) in [6.45, 7) is 2.81. The van der Waals surface area contributed by atoms with E-state index >= 15 is 0 Å². The molecule has 23 heavy (non-hydrogen) atoms. The smallest absolute Gasteiger partial charge is 0.339 e. The first-order chi connectivity index (χ1) is 11.1. The van der Waals surface area contributed by atoms with Crippen LogP contribution in [-0.2, 0) is 6.54 Å². The highest BCUT2D eigenvalue weighted by atomic mass is 35.5. The minimum Gasteiger partial charge on any atom is -0.478 e. The molecule has 0 aliphatic rings. The van der Waals surface area contributed by atoms with Crippen LogP contribution in [0.4, 0.5) is 11.5 Å². The Bertz CT molecular complexity index is 873. The molecule has 3 rings (SSSR count). The van der Waals surface area contributed by atoms with E-state index in [1.54, 1.807) is 12.1 Å². The fraction of sp³-hybridized carbons (Fsp3) is 0.176. The molecule has 0 saturated heterocycles. The van der Waals surface area contributed by atoms with Crippen LogP contribution in [0.2, 0.25) is 5.02 Å². The number of aromatic carboxylic acids is 1. The van der Waals surface area contributed by atoms with Crippen LogP contribution in [0.5, 0.6) is 0 Å².